The van der Waals surface area contributed by atoms with Crippen molar-refractivity contribution in [2.45, 2.75) is 38.7 Å². The van der Waals surface area contributed by atoms with E-state index in [1.807, 2.05) is 0 Å². The lowest BCUT2D eigenvalue weighted by atomic mass is 9.87. The summed E-state index contributed by atoms with van der Waals surface area (Å²) in [6, 6.07) is 1.67. The molecule has 0 atom stereocenters. The van der Waals surface area contributed by atoms with Crippen LogP contribution < -0.4 is 10.1 Å². The normalized spacial score (nSPS) is 19.6. The van der Waals surface area contributed by atoms with Crippen LogP contribution in [0.25, 0.3) is 0 Å². The highest BCUT2D eigenvalue weighted by Gasteiger charge is 2.28. The van der Waals surface area contributed by atoms with Crippen molar-refractivity contribution in [2.75, 3.05) is 19.5 Å². The molecule has 0 aromatic carbocycles. The predicted octanol–water partition coefficient (Wildman–Crippen LogP) is 1.61. The highest BCUT2D eigenvalue weighted by atomic mass is 16.5. The van der Waals surface area contributed by atoms with E-state index in [9.17, 15) is 14.4 Å². The van der Waals surface area contributed by atoms with Gasteiger partial charge < -0.3 is 19.5 Å². The third-order valence-corrected chi connectivity index (χ3v) is 4.15. The number of rotatable bonds is 4. The molecule has 136 valence electrons. The maximum absolute atomic E-state index is 11.5. The van der Waals surface area contributed by atoms with Crippen molar-refractivity contribution in [3.05, 3.63) is 17.8 Å². The smallest absolute Gasteiger partial charge is 0.396 e. The van der Waals surface area contributed by atoms with Crippen molar-refractivity contribution in [2.24, 2.45) is 5.92 Å². The van der Waals surface area contributed by atoms with E-state index in [0.717, 1.165) is 38.4 Å². The van der Waals surface area contributed by atoms with Crippen LogP contribution in [0.2, 0.25) is 0 Å². The molecule has 1 saturated carbocycles. The number of amides is 1. The molecule has 2 rings (SSSR count). The van der Waals surface area contributed by atoms with E-state index in [4.69, 9.17) is 9.47 Å². The molecule has 0 saturated heterocycles. The highest BCUT2D eigenvalue weighted by Crippen LogP contribution is 2.29. The third kappa shape index (κ3) is 4.91. The van der Waals surface area contributed by atoms with Gasteiger partial charge in [-0.15, -0.1) is 0 Å². The van der Waals surface area contributed by atoms with Crippen molar-refractivity contribution in [1.82, 2.24) is 4.98 Å². The quantitative estimate of drug-likeness (QED) is 0.650. The lowest BCUT2D eigenvalue weighted by molar-refractivity contribution is -0.150. The van der Waals surface area contributed by atoms with Crippen LogP contribution in [0.5, 0.6) is 5.88 Å². The van der Waals surface area contributed by atoms with Crippen LogP contribution in [0.3, 0.4) is 0 Å². The standard InChI is InChI=1S/C17H22N2O6/c1-10-8-12(19-14(20)17(22)24-3)9-18-15(10)25-13-6-4-11(5-7-13)16(21)23-2/h8-9,11,13H,4-7H2,1-3H3,(H,19,20). The molecule has 0 radical (unpaired) electrons. The molecule has 8 heteroatoms. The van der Waals surface area contributed by atoms with E-state index in [2.05, 4.69) is 15.0 Å². The molecular weight excluding hydrogens is 328 g/mol. The third-order valence-electron chi connectivity index (χ3n) is 4.15. The Morgan fingerprint density at radius 3 is 2.36 bits per heavy atom. The van der Waals surface area contributed by atoms with Gasteiger partial charge in [0.1, 0.15) is 6.10 Å². The summed E-state index contributed by atoms with van der Waals surface area (Å²) in [5.41, 5.74) is 1.12. The molecular formula is C17H22N2O6. The first-order valence-electron chi connectivity index (χ1n) is 8.05. The summed E-state index contributed by atoms with van der Waals surface area (Å²) in [5, 5.41) is 2.41. The van der Waals surface area contributed by atoms with E-state index in [1.54, 1.807) is 13.0 Å². The van der Waals surface area contributed by atoms with Crippen molar-refractivity contribution >= 4 is 23.5 Å². The minimum atomic E-state index is -0.972. The van der Waals surface area contributed by atoms with Gasteiger partial charge in [0.15, 0.2) is 0 Å². The topological polar surface area (TPSA) is 104 Å². The number of methoxy groups -OCH3 is 2. The molecule has 0 bridgehead atoms. The number of nitrogens with zero attached hydrogens (tertiary/aromatic N) is 1. The van der Waals surface area contributed by atoms with E-state index in [1.165, 1.54) is 13.3 Å². The molecule has 0 spiro atoms. The van der Waals surface area contributed by atoms with Gasteiger partial charge in [0.05, 0.1) is 32.0 Å². The number of pyridine rings is 1. The minimum Gasteiger partial charge on any atom is -0.474 e. The van der Waals surface area contributed by atoms with Crippen LogP contribution in [0.4, 0.5) is 5.69 Å². The first kappa shape index (κ1) is 18.7. The zero-order chi connectivity index (χ0) is 18.4. The Morgan fingerprint density at radius 1 is 1.12 bits per heavy atom. The Balaban J connectivity index is 1.92. The average Bonchev–Trinajstić information content (AvgIpc) is 2.63. The number of hydrogen-bond acceptors (Lipinski definition) is 7. The van der Waals surface area contributed by atoms with Crippen LogP contribution in [0, 0.1) is 12.8 Å². The number of ether oxygens (including phenoxy) is 3. The largest absolute Gasteiger partial charge is 0.474 e. The predicted molar refractivity (Wildman–Crippen MR) is 88.0 cm³/mol. The molecule has 0 unspecified atom stereocenters. The lowest BCUT2D eigenvalue weighted by Gasteiger charge is -2.27. The summed E-state index contributed by atoms with van der Waals surface area (Å²) in [6.07, 6.45) is 4.36. The monoisotopic (exact) mass is 350 g/mol. The zero-order valence-corrected chi connectivity index (χ0v) is 14.5. The Bertz CT molecular complexity index is 653. The summed E-state index contributed by atoms with van der Waals surface area (Å²) in [6.45, 7) is 1.80. The molecule has 8 nitrogen and oxygen atoms in total. The van der Waals surface area contributed by atoms with Crippen LogP contribution >= 0.6 is 0 Å². The van der Waals surface area contributed by atoms with Crippen LogP contribution in [-0.4, -0.2) is 43.2 Å². The summed E-state index contributed by atoms with van der Waals surface area (Å²) in [4.78, 5) is 38.3. The number of esters is 2. The minimum absolute atomic E-state index is 0.0115. The SMILES string of the molecule is COC(=O)C(=O)Nc1cnc(OC2CCC(C(=O)OC)CC2)c(C)c1. The summed E-state index contributed by atoms with van der Waals surface area (Å²) in [7, 11) is 2.54. The molecule has 1 aliphatic rings. The average molecular weight is 350 g/mol. The van der Waals surface area contributed by atoms with Crippen molar-refractivity contribution in [3.63, 3.8) is 0 Å². The van der Waals surface area contributed by atoms with Crippen molar-refractivity contribution in [3.8, 4) is 5.88 Å². The van der Waals surface area contributed by atoms with Gasteiger partial charge in [0.25, 0.3) is 0 Å². The Labute approximate surface area is 145 Å². The highest BCUT2D eigenvalue weighted by molar-refractivity contribution is 6.37. The Hall–Kier alpha value is -2.64. The van der Waals surface area contributed by atoms with Crippen LogP contribution in [-0.2, 0) is 23.9 Å². The maximum atomic E-state index is 11.5. The van der Waals surface area contributed by atoms with Gasteiger partial charge in [-0.2, -0.15) is 0 Å². The van der Waals surface area contributed by atoms with Gasteiger partial charge >= 0.3 is 17.8 Å². The number of aromatic nitrogens is 1. The van der Waals surface area contributed by atoms with Crippen LogP contribution in [0.15, 0.2) is 12.3 Å². The Morgan fingerprint density at radius 2 is 1.80 bits per heavy atom. The van der Waals surface area contributed by atoms with Gasteiger partial charge in [0.2, 0.25) is 5.88 Å². The van der Waals surface area contributed by atoms with Gasteiger partial charge in [-0.1, -0.05) is 0 Å². The van der Waals surface area contributed by atoms with E-state index in [0.29, 0.717) is 11.6 Å². The fraction of sp³-hybridized carbons (Fsp3) is 0.529. The molecule has 1 amide bonds. The van der Waals surface area contributed by atoms with E-state index in [-0.39, 0.29) is 18.0 Å². The maximum Gasteiger partial charge on any atom is 0.396 e. The molecule has 25 heavy (non-hydrogen) atoms. The summed E-state index contributed by atoms with van der Waals surface area (Å²) >= 11 is 0. The molecule has 1 aliphatic carbocycles. The molecule has 1 heterocycles. The molecule has 0 aliphatic heterocycles. The fourth-order valence-electron chi connectivity index (χ4n) is 2.77. The second-order valence-electron chi connectivity index (χ2n) is 5.91. The van der Waals surface area contributed by atoms with Gasteiger partial charge in [-0.05, 0) is 38.7 Å². The molecule has 1 N–H and O–H groups in total. The Kier molecular flexibility index (Phi) is 6.32. The first-order valence-corrected chi connectivity index (χ1v) is 8.05. The number of nitrogens with one attached hydrogen (secondary N) is 1. The van der Waals surface area contributed by atoms with Gasteiger partial charge in [0, 0.05) is 5.56 Å². The molecule has 1 fully saturated rings. The van der Waals surface area contributed by atoms with Crippen molar-refractivity contribution in [1.29, 1.82) is 0 Å². The number of carbonyl (C=O) groups is 3. The summed E-state index contributed by atoms with van der Waals surface area (Å²) < 4.78 is 15.0. The van der Waals surface area contributed by atoms with Crippen molar-refractivity contribution < 1.29 is 28.6 Å². The zero-order valence-electron chi connectivity index (χ0n) is 14.5. The number of hydrogen-bond donors (Lipinski definition) is 1. The lowest BCUT2D eigenvalue weighted by Crippen LogP contribution is -2.29. The molecule has 1 aromatic heterocycles. The molecule has 1 aromatic rings. The fourth-order valence-corrected chi connectivity index (χ4v) is 2.77. The van der Waals surface area contributed by atoms with E-state index < -0.39 is 11.9 Å². The van der Waals surface area contributed by atoms with E-state index >= 15 is 0 Å². The van der Waals surface area contributed by atoms with Gasteiger partial charge in [-0.3, -0.25) is 9.59 Å². The number of anilines is 1. The summed E-state index contributed by atoms with van der Waals surface area (Å²) in [5.74, 6) is -1.59. The number of carbonyl (C=O) groups excluding carboxylic acids is 3. The first-order chi connectivity index (χ1) is 11.9. The second-order valence-corrected chi connectivity index (χ2v) is 5.91. The van der Waals surface area contributed by atoms with Gasteiger partial charge in [-0.25, -0.2) is 9.78 Å². The second kappa shape index (κ2) is 8.46. The number of aryl methyl sites for hydroxylation is 1. The van der Waals surface area contributed by atoms with Crippen LogP contribution in [0.1, 0.15) is 31.2 Å².